The highest BCUT2D eigenvalue weighted by molar-refractivity contribution is 5.99. The van der Waals surface area contributed by atoms with Gasteiger partial charge in [0.2, 0.25) is 0 Å². The molecule has 1 aliphatic rings. The van der Waals surface area contributed by atoms with Crippen molar-refractivity contribution >= 4 is 17.2 Å². The first-order chi connectivity index (χ1) is 13.1. The van der Waals surface area contributed by atoms with E-state index in [0.717, 1.165) is 12.1 Å². The van der Waals surface area contributed by atoms with Gasteiger partial charge in [0.15, 0.2) is 5.78 Å². The smallest absolute Gasteiger partial charge is 0.339 e. The second-order valence-corrected chi connectivity index (χ2v) is 6.71. The van der Waals surface area contributed by atoms with Crippen molar-refractivity contribution in [1.29, 1.82) is 0 Å². The van der Waals surface area contributed by atoms with E-state index < -0.39 is 28.6 Å². The molecular formula is C20H17F3N2O3. The standard InChI is InChI=1S/C20H17F3N2O3/c1-12-11-24(16-7-9-17(10-8-16)25(27)28)18(13(2)19(12)26)14-3-5-15(6-4-14)20(21,22)23/h3-11,13,18H,1-2H3/t13-,18-/m0/s1. The summed E-state index contributed by atoms with van der Waals surface area (Å²) in [5.74, 6) is -0.597. The van der Waals surface area contributed by atoms with E-state index in [1.54, 1.807) is 37.1 Å². The van der Waals surface area contributed by atoms with Crippen molar-refractivity contribution in [2.75, 3.05) is 4.90 Å². The Morgan fingerprint density at radius 1 is 1.04 bits per heavy atom. The molecule has 0 amide bonds. The number of rotatable bonds is 3. The number of hydrogen-bond acceptors (Lipinski definition) is 4. The monoisotopic (exact) mass is 390 g/mol. The Labute approximate surface area is 159 Å². The molecule has 0 N–H and O–H groups in total. The summed E-state index contributed by atoms with van der Waals surface area (Å²) in [7, 11) is 0. The van der Waals surface area contributed by atoms with Gasteiger partial charge in [0.1, 0.15) is 0 Å². The molecule has 0 saturated heterocycles. The van der Waals surface area contributed by atoms with Crippen LogP contribution < -0.4 is 4.90 Å². The minimum atomic E-state index is -4.44. The Kier molecular flexibility index (Phi) is 4.97. The fourth-order valence-corrected chi connectivity index (χ4v) is 3.40. The zero-order chi connectivity index (χ0) is 20.6. The summed E-state index contributed by atoms with van der Waals surface area (Å²) in [6, 6.07) is 10.0. The van der Waals surface area contributed by atoms with Gasteiger partial charge in [-0.3, -0.25) is 14.9 Å². The molecule has 0 spiro atoms. The van der Waals surface area contributed by atoms with Crippen LogP contribution in [0.25, 0.3) is 0 Å². The molecule has 1 aliphatic heterocycles. The van der Waals surface area contributed by atoms with Crippen LogP contribution in [0.5, 0.6) is 0 Å². The number of benzene rings is 2. The number of carbonyl (C=O) groups excluding carboxylic acids is 1. The molecule has 0 fully saturated rings. The van der Waals surface area contributed by atoms with E-state index in [4.69, 9.17) is 0 Å². The van der Waals surface area contributed by atoms with Crippen LogP contribution in [0.4, 0.5) is 24.5 Å². The summed E-state index contributed by atoms with van der Waals surface area (Å²) in [4.78, 5) is 24.6. The average molecular weight is 390 g/mol. The number of ketones is 1. The molecule has 0 bridgehead atoms. The third-order valence-electron chi connectivity index (χ3n) is 4.85. The first-order valence-corrected chi connectivity index (χ1v) is 8.52. The van der Waals surface area contributed by atoms with Gasteiger partial charge < -0.3 is 4.90 Å². The average Bonchev–Trinajstić information content (AvgIpc) is 2.65. The molecular weight excluding hydrogens is 373 g/mol. The second-order valence-electron chi connectivity index (χ2n) is 6.71. The molecule has 0 aliphatic carbocycles. The fraction of sp³-hybridized carbons (Fsp3) is 0.250. The molecule has 0 saturated carbocycles. The minimum Gasteiger partial charge on any atom is -0.339 e. The summed E-state index contributed by atoms with van der Waals surface area (Å²) in [6.07, 6.45) is -2.81. The van der Waals surface area contributed by atoms with Crippen LogP contribution in [0, 0.1) is 16.0 Å². The van der Waals surface area contributed by atoms with Crippen molar-refractivity contribution in [2.45, 2.75) is 26.1 Å². The molecule has 28 heavy (non-hydrogen) atoms. The lowest BCUT2D eigenvalue weighted by atomic mass is 9.84. The number of nitrogens with zero attached hydrogens (tertiary/aromatic N) is 2. The van der Waals surface area contributed by atoms with Gasteiger partial charge in [0, 0.05) is 35.5 Å². The first-order valence-electron chi connectivity index (χ1n) is 8.52. The number of nitro groups is 1. The quantitative estimate of drug-likeness (QED) is 0.528. The topological polar surface area (TPSA) is 63.4 Å². The van der Waals surface area contributed by atoms with Crippen LogP contribution in [0.1, 0.15) is 31.0 Å². The highest BCUT2D eigenvalue weighted by Gasteiger charge is 2.36. The number of carbonyl (C=O) groups is 1. The van der Waals surface area contributed by atoms with Crippen LogP contribution in [-0.2, 0) is 11.0 Å². The van der Waals surface area contributed by atoms with E-state index in [2.05, 4.69) is 0 Å². The van der Waals surface area contributed by atoms with Crippen molar-refractivity contribution in [3.05, 3.63) is 81.5 Å². The number of Topliss-reactive ketones (excluding diaryl/α,β-unsaturated/α-hetero) is 1. The summed E-state index contributed by atoms with van der Waals surface area (Å²) in [5.41, 5.74) is 0.829. The van der Waals surface area contributed by atoms with Gasteiger partial charge in [-0.05, 0) is 36.8 Å². The van der Waals surface area contributed by atoms with Gasteiger partial charge in [-0.25, -0.2) is 0 Å². The van der Waals surface area contributed by atoms with Crippen molar-refractivity contribution in [1.82, 2.24) is 0 Å². The number of anilines is 1. The fourth-order valence-electron chi connectivity index (χ4n) is 3.40. The third-order valence-corrected chi connectivity index (χ3v) is 4.85. The molecule has 1 heterocycles. The number of hydrogen-bond donors (Lipinski definition) is 0. The van der Waals surface area contributed by atoms with Crippen LogP contribution >= 0.6 is 0 Å². The molecule has 146 valence electrons. The predicted octanol–water partition coefficient (Wildman–Crippen LogP) is 5.28. The van der Waals surface area contributed by atoms with Crippen molar-refractivity contribution in [2.24, 2.45) is 5.92 Å². The number of allylic oxidation sites excluding steroid dienone is 1. The zero-order valence-electron chi connectivity index (χ0n) is 15.1. The maximum absolute atomic E-state index is 12.9. The van der Waals surface area contributed by atoms with E-state index in [1.165, 1.54) is 24.3 Å². The first kappa shape index (κ1) is 19.6. The number of nitro benzene ring substituents is 1. The summed E-state index contributed by atoms with van der Waals surface area (Å²) >= 11 is 0. The molecule has 2 aromatic carbocycles. The Balaban J connectivity index is 2.05. The number of halogens is 3. The summed E-state index contributed by atoms with van der Waals surface area (Å²) < 4.78 is 38.6. The van der Waals surface area contributed by atoms with Crippen molar-refractivity contribution < 1.29 is 22.9 Å². The maximum Gasteiger partial charge on any atom is 0.416 e. The van der Waals surface area contributed by atoms with Crippen molar-refractivity contribution in [3.8, 4) is 0 Å². The van der Waals surface area contributed by atoms with Crippen LogP contribution in [0.15, 0.2) is 60.3 Å². The lowest BCUT2D eigenvalue weighted by molar-refractivity contribution is -0.384. The zero-order valence-corrected chi connectivity index (χ0v) is 15.1. The highest BCUT2D eigenvalue weighted by atomic mass is 19.4. The van der Waals surface area contributed by atoms with E-state index >= 15 is 0 Å². The van der Waals surface area contributed by atoms with Crippen LogP contribution in [-0.4, -0.2) is 10.7 Å². The minimum absolute atomic E-state index is 0.0725. The lowest BCUT2D eigenvalue weighted by Crippen LogP contribution is -2.37. The van der Waals surface area contributed by atoms with Gasteiger partial charge in [-0.2, -0.15) is 13.2 Å². The molecule has 0 radical (unpaired) electrons. The summed E-state index contributed by atoms with van der Waals surface area (Å²) in [6.45, 7) is 3.39. The maximum atomic E-state index is 12.9. The summed E-state index contributed by atoms with van der Waals surface area (Å²) in [5, 5.41) is 10.9. The molecule has 3 rings (SSSR count). The highest BCUT2D eigenvalue weighted by Crippen LogP contribution is 2.40. The largest absolute Gasteiger partial charge is 0.416 e. The predicted molar refractivity (Wildman–Crippen MR) is 97.7 cm³/mol. The van der Waals surface area contributed by atoms with Gasteiger partial charge in [-0.1, -0.05) is 19.1 Å². The Bertz CT molecular complexity index is 935. The van der Waals surface area contributed by atoms with Crippen LogP contribution in [0.2, 0.25) is 0 Å². The molecule has 5 nitrogen and oxygen atoms in total. The van der Waals surface area contributed by atoms with Gasteiger partial charge in [-0.15, -0.1) is 0 Å². The van der Waals surface area contributed by atoms with Gasteiger partial charge in [0.05, 0.1) is 16.5 Å². The van der Waals surface area contributed by atoms with E-state index in [9.17, 15) is 28.1 Å². The molecule has 0 aromatic heterocycles. The molecule has 2 aromatic rings. The molecule has 0 unspecified atom stereocenters. The van der Waals surface area contributed by atoms with Crippen molar-refractivity contribution in [3.63, 3.8) is 0 Å². The van der Waals surface area contributed by atoms with Gasteiger partial charge in [0.25, 0.3) is 5.69 Å². The SMILES string of the molecule is CC1=CN(c2ccc([N+](=O)[O-])cc2)[C@H](c2ccc(C(F)(F)F)cc2)[C@H](C)C1=O. The lowest BCUT2D eigenvalue weighted by Gasteiger charge is -2.38. The Morgan fingerprint density at radius 2 is 1.61 bits per heavy atom. The Hall–Kier alpha value is -3.16. The number of alkyl halides is 3. The number of non-ortho nitro benzene ring substituents is 1. The van der Waals surface area contributed by atoms with Crippen LogP contribution in [0.3, 0.4) is 0 Å². The molecule has 8 heteroatoms. The Morgan fingerprint density at radius 3 is 2.11 bits per heavy atom. The second kappa shape index (κ2) is 7.10. The third kappa shape index (κ3) is 3.62. The van der Waals surface area contributed by atoms with E-state index in [1.807, 2.05) is 0 Å². The van der Waals surface area contributed by atoms with E-state index in [-0.39, 0.29) is 11.5 Å². The normalized spacial score (nSPS) is 20.1. The molecule has 2 atom stereocenters. The van der Waals surface area contributed by atoms with Gasteiger partial charge >= 0.3 is 6.18 Å². The van der Waals surface area contributed by atoms with E-state index in [0.29, 0.717) is 16.8 Å².